The van der Waals surface area contributed by atoms with Crippen molar-refractivity contribution in [3.05, 3.63) is 23.8 Å². The normalized spacial score (nSPS) is 15.0. The van der Waals surface area contributed by atoms with Crippen LogP contribution in [0.2, 0.25) is 0 Å². The van der Waals surface area contributed by atoms with Crippen LogP contribution in [0.15, 0.2) is 23.1 Å². The number of hydrogen-bond donors (Lipinski definition) is 2. The third-order valence-corrected chi connectivity index (χ3v) is 2.93. The van der Waals surface area contributed by atoms with Gasteiger partial charge in [0, 0.05) is 0 Å². The highest BCUT2D eigenvalue weighted by Crippen LogP contribution is 2.25. The van der Waals surface area contributed by atoms with E-state index >= 15 is 0 Å². The summed E-state index contributed by atoms with van der Waals surface area (Å²) < 4.78 is 22.0. The molecule has 1 aromatic carbocycles. The number of rotatable bonds is 1. The zero-order valence-corrected chi connectivity index (χ0v) is 8.17. The molecule has 2 rings (SSSR count). The quantitative estimate of drug-likeness (QED) is 0.627. The number of anilines is 1. The van der Waals surface area contributed by atoms with E-state index in [2.05, 4.69) is 5.32 Å². The van der Waals surface area contributed by atoms with Gasteiger partial charge in [-0.15, -0.1) is 0 Å². The Morgan fingerprint density at radius 2 is 1.87 bits per heavy atom. The third-order valence-electron chi connectivity index (χ3n) is 2.02. The second-order valence-electron chi connectivity index (χ2n) is 3.04. The summed E-state index contributed by atoms with van der Waals surface area (Å²) in [6, 6.07) is 3.61. The maximum Gasteiger partial charge on any atom is 0.296 e. The highest BCUT2D eigenvalue weighted by molar-refractivity contribution is 7.89. The van der Waals surface area contributed by atoms with Gasteiger partial charge < -0.3 is 5.32 Å². The van der Waals surface area contributed by atoms with Gasteiger partial charge in [-0.25, -0.2) is 13.6 Å². The molecule has 0 saturated carbocycles. The number of sulfonamides is 1. The molecule has 0 spiro atoms. The van der Waals surface area contributed by atoms with Crippen molar-refractivity contribution in [1.82, 2.24) is 0 Å². The fourth-order valence-electron chi connectivity index (χ4n) is 1.30. The first-order valence-corrected chi connectivity index (χ1v) is 5.47. The Bertz CT molecular complexity index is 576. The number of primary sulfonamides is 1. The van der Waals surface area contributed by atoms with Crippen LogP contribution in [0, 0.1) is 0 Å². The molecule has 7 heteroatoms. The van der Waals surface area contributed by atoms with Crippen LogP contribution in [-0.4, -0.2) is 20.1 Å². The number of nitrogens with two attached hydrogens (primary N) is 1. The van der Waals surface area contributed by atoms with Crippen LogP contribution < -0.4 is 10.5 Å². The standard InChI is InChI=1S/C8H6N2O4S/c9-15(13,14)4-1-2-5-6(3-4)10-8(12)7(5)11/h1-3H,(H2,9,13,14)(H,10,11,12). The molecule has 0 bridgehead atoms. The van der Waals surface area contributed by atoms with Crippen molar-refractivity contribution in [3.8, 4) is 0 Å². The lowest BCUT2D eigenvalue weighted by atomic mass is 10.1. The van der Waals surface area contributed by atoms with E-state index in [4.69, 9.17) is 5.14 Å². The number of amides is 1. The highest BCUT2D eigenvalue weighted by atomic mass is 32.2. The first kappa shape index (κ1) is 9.81. The van der Waals surface area contributed by atoms with E-state index in [-0.39, 0.29) is 16.1 Å². The molecule has 0 atom stereocenters. The summed E-state index contributed by atoms with van der Waals surface area (Å²) in [5.74, 6) is -1.44. The summed E-state index contributed by atoms with van der Waals surface area (Å²) in [6.45, 7) is 0. The van der Waals surface area contributed by atoms with E-state index in [1.54, 1.807) is 0 Å². The van der Waals surface area contributed by atoms with E-state index in [0.717, 1.165) is 6.07 Å². The number of ketones is 1. The van der Waals surface area contributed by atoms with Gasteiger partial charge in [-0.1, -0.05) is 0 Å². The maximum atomic E-state index is 11.2. The highest BCUT2D eigenvalue weighted by Gasteiger charge is 2.28. The van der Waals surface area contributed by atoms with Crippen molar-refractivity contribution in [3.63, 3.8) is 0 Å². The Morgan fingerprint density at radius 1 is 1.20 bits per heavy atom. The van der Waals surface area contributed by atoms with Gasteiger partial charge in [0.15, 0.2) is 0 Å². The first-order chi connectivity index (χ1) is 6.89. The Morgan fingerprint density at radius 3 is 2.47 bits per heavy atom. The molecule has 0 saturated heterocycles. The molecule has 1 aromatic rings. The molecule has 1 aliphatic rings. The average Bonchev–Trinajstić information content (AvgIpc) is 2.41. The second kappa shape index (κ2) is 2.88. The maximum absolute atomic E-state index is 11.2. The molecule has 0 unspecified atom stereocenters. The molecule has 3 N–H and O–H groups in total. The minimum Gasteiger partial charge on any atom is -0.318 e. The Hall–Kier alpha value is -1.73. The molecular formula is C8H6N2O4S. The molecule has 15 heavy (non-hydrogen) atoms. The van der Waals surface area contributed by atoms with Crippen LogP contribution in [0.5, 0.6) is 0 Å². The lowest BCUT2D eigenvalue weighted by Crippen LogP contribution is -2.12. The van der Waals surface area contributed by atoms with E-state index in [9.17, 15) is 18.0 Å². The topological polar surface area (TPSA) is 106 Å². The molecule has 1 amide bonds. The van der Waals surface area contributed by atoms with Crippen molar-refractivity contribution in [2.45, 2.75) is 4.90 Å². The van der Waals surface area contributed by atoms with Crippen molar-refractivity contribution >= 4 is 27.4 Å². The summed E-state index contributed by atoms with van der Waals surface area (Å²) in [5, 5.41) is 7.15. The number of hydrogen-bond acceptors (Lipinski definition) is 4. The van der Waals surface area contributed by atoms with E-state index < -0.39 is 21.7 Å². The van der Waals surface area contributed by atoms with Gasteiger partial charge in [-0.05, 0) is 18.2 Å². The summed E-state index contributed by atoms with van der Waals surface area (Å²) >= 11 is 0. The van der Waals surface area contributed by atoms with Crippen LogP contribution in [0.3, 0.4) is 0 Å². The van der Waals surface area contributed by atoms with E-state index in [1.807, 2.05) is 0 Å². The van der Waals surface area contributed by atoms with E-state index in [0.29, 0.717) is 0 Å². The van der Waals surface area contributed by atoms with Crippen LogP contribution in [0.1, 0.15) is 10.4 Å². The Kier molecular flexibility index (Phi) is 1.88. The number of carbonyl (C=O) groups is 2. The lowest BCUT2D eigenvalue weighted by molar-refractivity contribution is -0.112. The fourth-order valence-corrected chi connectivity index (χ4v) is 1.84. The van der Waals surface area contributed by atoms with Gasteiger partial charge in [0.2, 0.25) is 10.0 Å². The molecule has 0 aliphatic carbocycles. The first-order valence-electron chi connectivity index (χ1n) is 3.92. The second-order valence-corrected chi connectivity index (χ2v) is 4.60. The molecule has 0 radical (unpaired) electrons. The third kappa shape index (κ3) is 1.51. The number of carbonyl (C=O) groups excluding carboxylic acids is 2. The minimum absolute atomic E-state index is 0.142. The van der Waals surface area contributed by atoms with Crippen molar-refractivity contribution < 1.29 is 18.0 Å². The Labute approximate surface area is 85.1 Å². The van der Waals surface area contributed by atoms with E-state index in [1.165, 1.54) is 12.1 Å². The molecule has 0 aromatic heterocycles. The van der Waals surface area contributed by atoms with Gasteiger partial charge >= 0.3 is 0 Å². The van der Waals surface area contributed by atoms with Crippen molar-refractivity contribution in [1.29, 1.82) is 0 Å². The van der Waals surface area contributed by atoms with Gasteiger partial charge in [0.1, 0.15) is 0 Å². The van der Waals surface area contributed by atoms with Gasteiger partial charge in [-0.2, -0.15) is 0 Å². The van der Waals surface area contributed by atoms with Crippen LogP contribution in [-0.2, 0) is 14.8 Å². The largest absolute Gasteiger partial charge is 0.318 e. The number of nitrogens with one attached hydrogen (secondary N) is 1. The van der Waals surface area contributed by atoms with Crippen LogP contribution in [0.25, 0.3) is 0 Å². The summed E-state index contributed by atoms with van der Waals surface area (Å²) in [7, 11) is -3.82. The van der Waals surface area contributed by atoms with Gasteiger partial charge in [-0.3, -0.25) is 9.59 Å². The fraction of sp³-hybridized carbons (Fsp3) is 0. The van der Waals surface area contributed by atoms with Gasteiger partial charge in [0.05, 0.1) is 16.1 Å². The SMILES string of the molecule is NS(=O)(=O)c1ccc2c(c1)NC(=O)C2=O. The summed E-state index contributed by atoms with van der Waals surface area (Å²) in [4.78, 5) is 22.0. The summed E-state index contributed by atoms with van der Waals surface area (Å²) in [5.41, 5.74) is 0.337. The average molecular weight is 226 g/mol. The predicted octanol–water partition coefficient (Wildman–Crippen LogP) is -0.531. The molecule has 78 valence electrons. The van der Waals surface area contributed by atoms with Crippen LogP contribution >= 0.6 is 0 Å². The minimum atomic E-state index is -3.82. The lowest BCUT2D eigenvalue weighted by Gasteiger charge is -2.00. The number of fused-ring (bicyclic) bond motifs is 1. The number of benzene rings is 1. The summed E-state index contributed by atoms with van der Waals surface area (Å²) in [6.07, 6.45) is 0. The molecule has 0 fully saturated rings. The Balaban J connectivity index is 2.61. The van der Waals surface area contributed by atoms with Crippen LogP contribution in [0.4, 0.5) is 5.69 Å². The predicted molar refractivity (Wildman–Crippen MR) is 50.8 cm³/mol. The van der Waals surface area contributed by atoms with Crippen molar-refractivity contribution in [2.24, 2.45) is 5.14 Å². The smallest absolute Gasteiger partial charge is 0.296 e. The number of Topliss-reactive ketones (excluding diaryl/α,β-unsaturated/α-hetero) is 1. The zero-order valence-electron chi connectivity index (χ0n) is 7.35. The molecule has 1 heterocycles. The van der Waals surface area contributed by atoms with Crippen molar-refractivity contribution in [2.75, 3.05) is 5.32 Å². The molecular weight excluding hydrogens is 220 g/mol. The molecule has 1 aliphatic heterocycles. The monoisotopic (exact) mass is 226 g/mol. The zero-order chi connectivity index (χ0) is 11.2. The molecule has 6 nitrogen and oxygen atoms in total. The van der Waals surface area contributed by atoms with Gasteiger partial charge in [0.25, 0.3) is 11.7 Å².